The number of nitro benzene ring substituents is 2. The van der Waals surface area contributed by atoms with E-state index in [1.165, 1.54) is 30.3 Å². The molecule has 0 aromatic heterocycles. The van der Waals surface area contributed by atoms with Crippen LogP contribution in [0, 0.1) is 27.2 Å². The molecule has 37 heavy (non-hydrogen) atoms. The molecule has 3 aromatic carbocycles. The van der Waals surface area contributed by atoms with E-state index in [9.17, 15) is 25.0 Å². The van der Waals surface area contributed by atoms with Gasteiger partial charge in [0.1, 0.15) is 6.61 Å². The largest absolute Gasteiger partial charge is 0.490 e. The second-order valence-corrected chi connectivity index (χ2v) is 7.90. The highest BCUT2D eigenvalue weighted by Gasteiger charge is 2.27. The summed E-state index contributed by atoms with van der Waals surface area (Å²) in [6.45, 7) is 3.81. The molecule has 0 atom stereocenters. The van der Waals surface area contributed by atoms with Crippen LogP contribution in [0.1, 0.15) is 29.2 Å². The molecule has 0 bridgehead atoms. The van der Waals surface area contributed by atoms with Crippen molar-refractivity contribution >= 4 is 29.3 Å². The molecule has 0 fully saturated rings. The molecule has 3 aromatic rings. The predicted octanol–water partition coefficient (Wildman–Crippen LogP) is 5.13. The first kappa shape index (κ1) is 25.0. The molecule has 0 aliphatic carbocycles. The number of hydrogen-bond acceptors (Lipinski definition) is 9. The molecule has 0 amide bonds. The molecule has 11 heteroatoms. The smallest absolute Gasteiger partial charge is 0.363 e. The Hall–Kier alpha value is -5.06. The molecule has 11 nitrogen and oxygen atoms in total. The Kier molecular flexibility index (Phi) is 7.23. The average Bonchev–Trinajstić information content (AvgIpc) is 3.23. The number of hydrogen-bond donors (Lipinski definition) is 0. The van der Waals surface area contributed by atoms with Gasteiger partial charge >= 0.3 is 5.97 Å². The Bertz CT molecular complexity index is 1460. The number of carbonyl (C=O) groups excluding carboxylic acids is 1. The van der Waals surface area contributed by atoms with Gasteiger partial charge in [0.2, 0.25) is 5.90 Å². The number of nitro groups is 2. The van der Waals surface area contributed by atoms with Crippen LogP contribution in [0.15, 0.2) is 71.4 Å². The second-order valence-electron chi connectivity index (χ2n) is 7.90. The molecule has 1 aliphatic heterocycles. The van der Waals surface area contributed by atoms with Crippen molar-refractivity contribution in [3.05, 3.63) is 109 Å². The standard InChI is InChI=1S/C26H21N3O8/c1-3-35-24-14-17(10-11-23(24)36-15-18-6-4-7-19(12-18)28(31)32)13-21-26(30)37-25(27-21)20-8-5-9-22(16(20)2)29(33)34/h4-14H,3,15H2,1-2H3/b21-13-. The van der Waals surface area contributed by atoms with Crippen LogP contribution in [0.3, 0.4) is 0 Å². The number of ether oxygens (including phenoxy) is 3. The topological polar surface area (TPSA) is 143 Å². The lowest BCUT2D eigenvalue weighted by Crippen LogP contribution is -2.08. The number of carbonyl (C=O) groups is 1. The van der Waals surface area contributed by atoms with Crippen molar-refractivity contribution in [1.29, 1.82) is 0 Å². The molecule has 188 valence electrons. The van der Waals surface area contributed by atoms with Crippen molar-refractivity contribution in [3.63, 3.8) is 0 Å². The van der Waals surface area contributed by atoms with E-state index in [-0.39, 0.29) is 29.6 Å². The summed E-state index contributed by atoms with van der Waals surface area (Å²) in [5.41, 5.74) is 1.78. The van der Waals surface area contributed by atoms with E-state index in [2.05, 4.69) is 4.99 Å². The van der Waals surface area contributed by atoms with Gasteiger partial charge in [-0.1, -0.05) is 24.3 Å². The molecule has 0 N–H and O–H groups in total. The van der Waals surface area contributed by atoms with Crippen LogP contribution in [0.2, 0.25) is 0 Å². The van der Waals surface area contributed by atoms with Gasteiger partial charge in [0.25, 0.3) is 11.4 Å². The van der Waals surface area contributed by atoms with Gasteiger partial charge in [-0.2, -0.15) is 0 Å². The number of rotatable bonds is 9. The molecule has 0 saturated heterocycles. The molecule has 0 radical (unpaired) electrons. The van der Waals surface area contributed by atoms with Gasteiger partial charge in [0, 0.05) is 29.3 Å². The number of cyclic esters (lactones) is 1. The zero-order valence-corrected chi connectivity index (χ0v) is 19.9. The van der Waals surface area contributed by atoms with Gasteiger partial charge in [-0.05, 0) is 49.2 Å². The van der Waals surface area contributed by atoms with E-state index in [1.807, 2.05) is 6.92 Å². The molecule has 0 saturated carbocycles. The van der Waals surface area contributed by atoms with E-state index in [4.69, 9.17) is 14.2 Å². The van der Waals surface area contributed by atoms with Crippen LogP contribution in [-0.2, 0) is 16.1 Å². The number of nitrogens with zero attached hydrogens (tertiary/aromatic N) is 3. The highest BCUT2D eigenvalue weighted by molar-refractivity contribution is 6.13. The quantitative estimate of drug-likeness (QED) is 0.169. The lowest BCUT2D eigenvalue weighted by Gasteiger charge is -2.13. The van der Waals surface area contributed by atoms with E-state index in [1.54, 1.807) is 43.3 Å². The summed E-state index contributed by atoms with van der Waals surface area (Å²) in [5.74, 6) is 0.123. The van der Waals surface area contributed by atoms with Crippen molar-refractivity contribution in [1.82, 2.24) is 0 Å². The van der Waals surface area contributed by atoms with Crippen molar-refractivity contribution in [2.75, 3.05) is 6.61 Å². The van der Waals surface area contributed by atoms with Gasteiger partial charge in [0.05, 0.1) is 16.5 Å². The van der Waals surface area contributed by atoms with Crippen LogP contribution < -0.4 is 9.47 Å². The molecular weight excluding hydrogens is 482 g/mol. The zero-order valence-electron chi connectivity index (χ0n) is 19.9. The SMILES string of the molecule is CCOc1cc(/C=C2\N=C(c3cccc([N+](=O)[O-])c3C)OC2=O)ccc1OCc1cccc([N+](=O)[O-])c1. The third kappa shape index (κ3) is 5.61. The van der Waals surface area contributed by atoms with Crippen molar-refractivity contribution in [3.8, 4) is 11.5 Å². The van der Waals surface area contributed by atoms with Gasteiger partial charge in [-0.15, -0.1) is 0 Å². The monoisotopic (exact) mass is 503 g/mol. The summed E-state index contributed by atoms with van der Waals surface area (Å²) in [6.07, 6.45) is 1.51. The Labute approximate surface area is 210 Å². The normalized spacial score (nSPS) is 13.7. The van der Waals surface area contributed by atoms with Gasteiger partial charge in [0.15, 0.2) is 17.2 Å². The van der Waals surface area contributed by atoms with Crippen LogP contribution >= 0.6 is 0 Å². The van der Waals surface area contributed by atoms with Crippen LogP contribution in [0.4, 0.5) is 11.4 Å². The minimum absolute atomic E-state index is 0.0145. The first-order chi connectivity index (χ1) is 17.8. The molecule has 1 aliphatic rings. The van der Waals surface area contributed by atoms with Gasteiger partial charge in [-0.25, -0.2) is 9.79 Å². The fourth-order valence-electron chi connectivity index (χ4n) is 3.66. The summed E-state index contributed by atoms with van der Waals surface area (Å²) in [5, 5.41) is 22.2. The molecule has 4 rings (SSSR count). The fraction of sp³-hybridized carbons (Fsp3) is 0.154. The maximum Gasteiger partial charge on any atom is 0.363 e. The van der Waals surface area contributed by atoms with Crippen LogP contribution in [-0.4, -0.2) is 28.3 Å². The summed E-state index contributed by atoms with van der Waals surface area (Å²) >= 11 is 0. The lowest BCUT2D eigenvalue weighted by molar-refractivity contribution is -0.385. The lowest BCUT2D eigenvalue weighted by atomic mass is 10.1. The molecule has 0 spiro atoms. The summed E-state index contributed by atoms with van der Waals surface area (Å²) < 4.78 is 16.8. The third-order valence-electron chi connectivity index (χ3n) is 5.44. The second kappa shape index (κ2) is 10.7. The van der Waals surface area contributed by atoms with E-state index in [0.717, 1.165) is 0 Å². The molecule has 0 unspecified atom stereocenters. The van der Waals surface area contributed by atoms with E-state index in [0.29, 0.717) is 40.4 Å². The first-order valence-corrected chi connectivity index (χ1v) is 11.2. The van der Waals surface area contributed by atoms with E-state index < -0.39 is 15.8 Å². The summed E-state index contributed by atoms with van der Waals surface area (Å²) in [4.78, 5) is 38.0. The number of non-ortho nitro benzene ring substituents is 1. The van der Waals surface area contributed by atoms with Crippen molar-refractivity contribution in [2.45, 2.75) is 20.5 Å². The maximum atomic E-state index is 12.5. The van der Waals surface area contributed by atoms with Crippen LogP contribution in [0.5, 0.6) is 11.5 Å². The number of aliphatic imine (C=N–C) groups is 1. The first-order valence-electron chi connectivity index (χ1n) is 11.2. The number of esters is 1. The summed E-state index contributed by atoms with van der Waals surface area (Å²) in [7, 11) is 0. The Morgan fingerprint density at radius 2 is 1.76 bits per heavy atom. The van der Waals surface area contributed by atoms with Gasteiger partial charge < -0.3 is 14.2 Å². The Morgan fingerprint density at radius 3 is 2.49 bits per heavy atom. The Balaban J connectivity index is 1.58. The van der Waals surface area contributed by atoms with Crippen molar-refractivity contribution < 1.29 is 28.9 Å². The average molecular weight is 503 g/mol. The summed E-state index contributed by atoms with van der Waals surface area (Å²) in [6, 6.07) is 15.6. The Morgan fingerprint density at radius 1 is 0.973 bits per heavy atom. The predicted molar refractivity (Wildman–Crippen MR) is 133 cm³/mol. The van der Waals surface area contributed by atoms with E-state index >= 15 is 0 Å². The minimum atomic E-state index is -0.690. The number of benzene rings is 3. The zero-order chi connectivity index (χ0) is 26.5. The van der Waals surface area contributed by atoms with Crippen LogP contribution in [0.25, 0.3) is 6.08 Å². The van der Waals surface area contributed by atoms with Crippen molar-refractivity contribution in [2.24, 2.45) is 4.99 Å². The highest BCUT2D eigenvalue weighted by atomic mass is 16.6. The third-order valence-corrected chi connectivity index (χ3v) is 5.44. The van der Waals surface area contributed by atoms with Gasteiger partial charge in [-0.3, -0.25) is 20.2 Å². The fourth-order valence-corrected chi connectivity index (χ4v) is 3.66. The molecular formula is C26H21N3O8. The minimum Gasteiger partial charge on any atom is -0.490 e. The highest BCUT2D eigenvalue weighted by Crippen LogP contribution is 2.32. The maximum absolute atomic E-state index is 12.5. The molecule has 1 heterocycles.